The fourth-order valence-electron chi connectivity index (χ4n) is 4.59. The number of pyridine rings is 2. The molecule has 1 unspecified atom stereocenters. The van der Waals surface area contributed by atoms with Crippen LogP contribution in [0.15, 0.2) is 42.9 Å². The van der Waals surface area contributed by atoms with E-state index in [1.807, 2.05) is 51.6 Å². The van der Waals surface area contributed by atoms with Gasteiger partial charge < -0.3 is 18.9 Å². The van der Waals surface area contributed by atoms with E-state index in [4.69, 9.17) is 4.74 Å². The predicted octanol–water partition coefficient (Wildman–Crippen LogP) is 2.53. The number of carbonyl (C=O) groups is 2. The monoisotopic (exact) mass is 433 g/mol. The van der Waals surface area contributed by atoms with Crippen LogP contribution in [0.2, 0.25) is 0 Å². The van der Waals surface area contributed by atoms with Gasteiger partial charge in [-0.15, -0.1) is 0 Å². The molecule has 0 aromatic carbocycles. The van der Waals surface area contributed by atoms with E-state index in [2.05, 4.69) is 9.97 Å². The number of aromatic nitrogens is 3. The van der Waals surface area contributed by atoms with Gasteiger partial charge in [0.2, 0.25) is 0 Å². The minimum atomic E-state index is -0.0759. The molecule has 2 aliphatic rings. The second-order valence-corrected chi connectivity index (χ2v) is 8.53. The van der Waals surface area contributed by atoms with Crippen molar-refractivity contribution in [1.29, 1.82) is 0 Å². The summed E-state index contributed by atoms with van der Waals surface area (Å²) in [4.78, 5) is 39.2. The average Bonchev–Trinajstić information content (AvgIpc) is 3.27. The Morgan fingerprint density at radius 2 is 1.94 bits per heavy atom. The summed E-state index contributed by atoms with van der Waals surface area (Å²) in [5.41, 5.74) is 3.74. The molecule has 0 spiro atoms. The van der Waals surface area contributed by atoms with Crippen molar-refractivity contribution >= 4 is 17.5 Å². The number of piperidine rings is 1. The van der Waals surface area contributed by atoms with Crippen molar-refractivity contribution in [2.75, 3.05) is 39.4 Å². The van der Waals surface area contributed by atoms with Gasteiger partial charge in [-0.3, -0.25) is 14.6 Å². The zero-order valence-electron chi connectivity index (χ0n) is 18.2. The van der Waals surface area contributed by atoms with Crippen LogP contribution in [-0.2, 0) is 4.74 Å². The molecule has 166 valence electrons. The lowest BCUT2D eigenvalue weighted by Crippen LogP contribution is -2.42. The van der Waals surface area contributed by atoms with Gasteiger partial charge in [0.15, 0.2) is 0 Å². The van der Waals surface area contributed by atoms with Crippen molar-refractivity contribution in [3.63, 3.8) is 0 Å². The number of rotatable bonds is 3. The highest BCUT2D eigenvalue weighted by Crippen LogP contribution is 2.29. The van der Waals surface area contributed by atoms with Crippen LogP contribution >= 0.6 is 0 Å². The van der Waals surface area contributed by atoms with Crippen molar-refractivity contribution in [1.82, 2.24) is 24.2 Å². The van der Waals surface area contributed by atoms with Gasteiger partial charge in [-0.1, -0.05) is 0 Å². The lowest BCUT2D eigenvalue weighted by molar-refractivity contribution is 0.0301. The summed E-state index contributed by atoms with van der Waals surface area (Å²) in [6.07, 6.45) is 7.20. The molecule has 0 bridgehead atoms. The maximum atomic E-state index is 13.2. The summed E-state index contributed by atoms with van der Waals surface area (Å²) in [5.74, 6) is -0.0585. The third kappa shape index (κ3) is 3.98. The number of hydrogen-bond acceptors (Lipinski definition) is 5. The van der Waals surface area contributed by atoms with Gasteiger partial charge in [-0.05, 0) is 49.6 Å². The zero-order chi connectivity index (χ0) is 22.1. The molecule has 3 aromatic heterocycles. The average molecular weight is 434 g/mol. The largest absolute Gasteiger partial charge is 0.378 e. The van der Waals surface area contributed by atoms with Crippen LogP contribution in [0, 0.1) is 6.92 Å². The summed E-state index contributed by atoms with van der Waals surface area (Å²) >= 11 is 0. The molecule has 0 saturated carbocycles. The Morgan fingerprint density at radius 1 is 1.09 bits per heavy atom. The molecule has 1 atom stereocenters. The first-order valence-electron chi connectivity index (χ1n) is 11.2. The van der Waals surface area contributed by atoms with Crippen LogP contribution in [0.3, 0.4) is 0 Å². The van der Waals surface area contributed by atoms with E-state index in [0.717, 1.165) is 29.7 Å². The smallest absolute Gasteiger partial charge is 0.274 e. The Balaban J connectivity index is 1.37. The Labute approximate surface area is 186 Å². The van der Waals surface area contributed by atoms with Crippen molar-refractivity contribution in [2.24, 2.45) is 0 Å². The number of morpholine rings is 1. The van der Waals surface area contributed by atoms with Crippen LogP contribution in [0.25, 0.3) is 5.65 Å². The minimum absolute atomic E-state index is 0.00410. The van der Waals surface area contributed by atoms with Crippen molar-refractivity contribution in [2.45, 2.75) is 25.7 Å². The molecular formula is C24H27N5O3. The van der Waals surface area contributed by atoms with Crippen LogP contribution in [0.1, 0.15) is 50.9 Å². The van der Waals surface area contributed by atoms with E-state index in [1.54, 1.807) is 12.4 Å². The molecule has 8 nitrogen and oxygen atoms in total. The third-order valence-corrected chi connectivity index (χ3v) is 6.30. The fourth-order valence-corrected chi connectivity index (χ4v) is 4.59. The summed E-state index contributed by atoms with van der Waals surface area (Å²) in [5, 5.41) is 0. The SMILES string of the molecule is Cc1ccn2cc(C(=O)N3CCCC(c4ncccc4C(=O)N4CCOCC4)C3)nc2c1. The van der Waals surface area contributed by atoms with Crippen LogP contribution < -0.4 is 0 Å². The maximum Gasteiger partial charge on any atom is 0.274 e. The number of aryl methyl sites for hydroxylation is 1. The van der Waals surface area contributed by atoms with Gasteiger partial charge in [-0.25, -0.2) is 4.98 Å². The molecule has 2 aliphatic heterocycles. The molecule has 2 saturated heterocycles. The van der Waals surface area contributed by atoms with E-state index >= 15 is 0 Å². The molecule has 0 N–H and O–H groups in total. The minimum Gasteiger partial charge on any atom is -0.378 e. The molecule has 5 rings (SSSR count). The Kier molecular flexibility index (Phi) is 5.61. The first-order valence-corrected chi connectivity index (χ1v) is 11.2. The highest BCUT2D eigenvalue weighted by molar-refractivity contribution is 5.96. The highest BCUT2D eigenvalue weighted by Gasteiger charge is 2.31. The van der Waals surface area contributed by atoms with Gasteiger partial charge in [-0.2, -0.15) is 0 Å². The number of fused-ring (bicyclic) bond motifs is 1. The van der Waals surface area contributed by atoms with E-state index in [9.17, 15) is 9.59 Å². The molecule has 8 heteroatoms. The normalized spacial score (nSPS) is 19.3. The molecule has 0 aliphatic carbocycles. The molecule has 32 heavy (non-hydrogen) atoms. The second kappa shape index (κ2) is 8.70. The third-order valence-electron chi connectivity index (χ3n) is 6.30. The first-order chi connectivity index (χ1) is 15.6. The Hall–Kier alpha value is -3.26. The van der Waals surface area contributed by atoms with Crippen LogP contribution in [0.5, 0.6) is 0 Å². The summed E-state index contributed by atoms with van der Waals surface area (Å²) < 4.78 is 7.26. The Bertz CT molecular complexity index is 1150. The lowest BCUT2D eigenvalue weighted by atomic mass is 9.91. The molecule has 5 heterocycles. The van der Waals surface area contributed by atoms with Crippen molar-refractivity contribution < 1.29 is 14.3 Å². The summed E-state index contributed by atoms with van der Waals surface area (Å²) in [6, 6.07) is 7.62. The van der Waals surface area contributed by atoms with E-state index in [1.165, 1.54) is 0 Å². The molecule has 2 amide bonds. The van der Waals surface area contributed by atoms with Crippen molar-refractivity contribution in [3.8, 4) is 0 Å². The van der Waals surface area contributed by atoms with E-state index in [0.29, 0.717) is 50.7 Å². The molecule has 3 aromatic rings. The second-order valence-electron chi connectivity index (χ2n) is 8.53. The van der Waals surface area contributed by atoms with Crippen LogP contribution in [-0.4, -0.2) is 75.4 Å². The van der Waals surface area contributed by atoms with Gasteiger partial charge in [0.05, 0.1) is 24.5 Å². The number of hydrogen-bond donors (Lipinski definition) is 0. The number of likely N-dealkylation sites (tertiary alicyclic amines) is 1. The summed E-state index contributed by atoms with van der Waals surface area (Å²) in [7, 11) is 0. The number of amides is 2. The quantitative estimate of drug-likeness (QED) is 0.634. The fraction of sp³-hybridized carbons (Fsp3) is 0.417. The van der Waals surface area contributed by atoms with Gasteiger partial charge >= 0.3 is 0 Å². The van der Waals surface area contributed by atoms with Crippen molar-refractivity contribution in [3.05, 3.63) is 65.4 Å². The lowest BCUT2D eigenvalue weighted by Gasteiger charge is -2.33. The standard InChI is InChI=1S/C24H27N5O3/c1-17-6-9-28-16-20(26-21(28)14-17)24(31)29-8-3-4-18(15-29)22-19(5-2-7-25-22)23(30)27-10-12-32-13-11-27/h2,5-7,9,14,16,18H,3-4,8,10-13,15H2,1H3. The van der Waals surface area contributed by atoms with Gasteiger partial charge in [0.25, 0.3) is 11.8 Å². The summed E-state index contributed by atoms with van der Waals surface area (Å²) in [6.45, 7) is 5.53. The number of nitrogens with zero attached hydrogens (tertiary/aromatic N) is 5. The van der Waals surface area contributed by atoms with E-state index in [-0.39, 0.29) is 17.7 Å². The highest BCUT2D eigenvalue weighted by atomic mass is 16.5. The molecule has 0 radical (unpaired) electrons. The predicted molar refractivity (Wildman–Crippen MR) is 119 cm³/mol. The van der Waals surface area contributed by atoms with Gasteiger partial charge in [0, 0.05) is 50.7 Å². The Morgan fingerprint density at radius 3 is 2.78 bits per heavy atom. The first kappa shape index (κ1) is 20.6. The maximum absolute atomic E-state index is 13.2. The zero-order valence-corrected chi connectivity index (χ0v) is 18.2. The number of carbonyl (C=O) groups excluding carboxylic acids is 2. The van der Waals surface area contributed by atoms with Gasteiger partial charge in [0.1, 0.15) is 11.3 Å². The number of ether oxygens (including phenoxy) is 1. The molecule has 2 fully saturated rings. The van der Waals surface area contributed by atoms with E-state index < -0.39 is 0 Å². The number of imidazole rings is 1. The molecular weight excluding hydrogens is 406 g/mol. The van der Waals surface area contributed by atoms with Crippen LogP contribution in [0.4, 0.5) is 0 Å². The topological polar surface area (TPSA) is 80.0 Å².